The van der Waals surface area contributed by atoms with E-state index in [1.54, 1.807) is 0 Å². The minimum absolute atomic E-state index is 0.0456. The first kappa shape index (κ1) is 10.7. The predicted molar refractivity (Wildman–Crippen MR) is 64.9 cm³/mol. The molecule has 0 amide bonds. The maximum atomic E-state index is 6.53. The van der Waals surface area contributed by atoms with Gasteiger partial charge in [0.2, 0.25) is 0 Å². The maximum Gasteiger partial charge on any atom is 0.0412 e. The third-order valence-corrected chi connectivity index (χ3v) is 3.66. The molecule has 15 heavy (non-hydrogen) atoms. The second-order valence-corrected chi connectivity index (χ2v) is 5.04. The Morgan fingerprint density at radius 1 is 1.07 bits per heavy atom. The van der Waals surface area contributed by atoms with Crippen molar-refractivity contribution in [1.29, 1.82) is 0 Å². The first-order valence-corrected chi connectivity index (χ1v) is 5.98. The zero-order valence-electron chi connectivity index (χ0n) is 9.84. The van der Waals surface area contributed by atoms with E-state index in [9.17, 15) is 0 Å². The van der Waals surface area contributed by atoms with Crippen LogP contribution in [-0.4, -0.2) is 0 Å². The van der Waals surface area contributed by atoms with Gasteiger partial charge in [-0.3, -0.25) is 0 Å². The van der Waals surface area contributed by atoms with Crippen LogP contribution in [0.3, 0.4) is 0 Å². The van der Waals surface area contributed by atoms with Crippen LogP contribution in [0.1, 0.15) is 48.8 Å². The highest BCUT2D eigenvalue weighted by Crippen LogP contribution is 2.36. The summed E-state index contributed by atoms with van der Waals surface area (Å²) in [5.74, 6) is 0. The van der Waals surface area contributed by atoms with E-state index in [0.29, 0.717) is 0 Å². The lowest BCUT2D eigenvalue weighted by molar-refractivity contribution is 0.301. The van der Waals surface area contributed by atoms with Gasteiger partial charge < -0.3 is 5.73 Å². The standard InChI is InChI=1S/C14H21N/c1-11-6-7-13(12(2)10-11)14(15)8-4-3-5-9-14/h6-7,10H,3-5,8-9,15H2,1-2H3. The Balaban J connectivity index is 2.35. The van der Waals surface area contributed by atoms with Crippen LogP contribution < -0.4 is 5.73 Å². The van der Waals surface area contributed by atoms with E-state index in [-0.39, 0.29) is 5.54 Å². The average molecular weight is 203 g/mol. The van der Waals surface area contributed by atoms with Crippen molar-refractivity contribution < 1.29 is 0 Å². The molecule has 1 aliphatic rings. The molecule has 1 aromatic rings. The maximum absolute atomic E-state index is 6.53. The zero-order chi connectivity index (χ0) is 10.9. The number of aryl methyl sites for hydroxylation is 2. The molecule has 1 nitrogen and oxygen atoms in total. The summed E-state index contributed by atoms with van der Waals surface area (Å²) < 4.78 is 0. The van der Waals surface area contributed by atoms with Gasteiger partial charge in [0, 0.05) is 5.54 Å². The first-order valence-electron chi connectivity index (χ1n) is 5.98. The minimum Gasteiger partial charge on any atom is -0.321 e. The Bertz CT molecular complexity index is 348. The van der Waals surface area contributed by atoms with Crippen molar-refractivity contribution in [2.75, 3.05) is 0 Å². The van der Waals surface area contributed by atoms with Gasteiger partial charge >= 0.3 is 0 Å². The number of hydrogen-bond acceptors (Lipinski definition) is 1. The molecule has 0 aliphatic heterocycles. The average Bonchev–Trinajstić information content (AvgIpc) is 2.18. The van der Waals surface area contributed by atoms with Crippen molar-refractivity contribution >= 4 is 0 Å². The molecule has 0 aromatic heterocycles. The molecule has 0 atom stereocenters. The predicted octanol–water partition coefficient (Wildman–Crippen LogP) is 3.42. The van der Waals surface area contributed by atoms with Gasteiger partial charge in [0.1, 0.15) is 0 Å². The number of rotatable bonds is 1. The molecular weight excluding hydrogens is 182 g/mol. The van der Waals surface area contributed by atoms with Crippen molar-refractivity contribution in [1.82, 2.24) is 0 Å². The minimum atomic E-state index is -0.0456. The van der Waals surface area contributed by atoms with Crippen molar-refractivity contribution in [3.05, 3.63) is 34.9 Å². The summed E-state index contributed by atoms with van der Waals surface area (Å²) >= 11 is 0. The first-order chi connectivity index (χ1) is 7.12. The van der Waals surface area contributed by atoms with Crippen LogP contribution in [-0.2, 0) is 5.54 Å². The second kappa shape index (κ2) is 3.97. The summed E-state index contributed by atoms with van der Waals surface area (Å²) in [6.45, 7) is 4.33. The summed E-state index contributed by atoms with van der Waals surface area (Å²) in [5.41, 5.74) is 10.5. The molecule has 2 rings (SSSR count). The molecule has 0 unspecified atom stereocenters. The molecule has 1 saturated carbocycles. The van der Waals surface area contributed by atoms with Gasteiger partial charge in [0.15, 0.2) is 0 Å². The molecule has 0 spiro atoms. The van der Waals surface area contributed by atoms with Crippen molar-refractivity contribution in [3.8, 4) is 0 Å². The molecule has 1 aliphatic carbocycles. The smallest absolute Gasteiger partial charge is 0.0412 e. The fraction of sp³-hybridized carbons (Fsp3) is 0.571. The molecule has 0 saturated heterocycles. The zero-order valence-corrected chi connectivity index (χ0v) is 9.84. The Hall–Kier alpha value is -0.820. The fourth-order valence-corrected chi connectivity index (χ4v) is 2.82. The quantitative estimate of drug-likeness (QED) is 0.743. The fourth-order valence-electron chi connectivity index (χ4n) is 2.82. The van der Waals surface area contributed by atoms with E-state index in [1.807, 2.05) is 0 Å². The summed E-state index contributed by atoms with van der Waals surface area (Å²) in [6, 6.07) is 6.67. The van der Waals surface area contributed by atoms with Gasteiger partial charge in [0.05, 0.1) is 0 Å². The van der Waals surface area contributed by atoms with Crippen LogP contribution in [0.2, 0.25) is 0 Å². The van der Waals surface area contributed by atoms with Gasteiger partial charge in [-0.1, -0.05) is 43.0 Å². The van der Waals surface area contributed by atoms with Gasteiger partial charge in [-0.15, -0.1) is 0 Å². The van der Waals surface area contributed by atoms with Crippen molar-refractivity contribution in [3.63, 3.8) is 0 Å². The van der Waals surface area contributed by atoms with E-state index in [2.05, 4.69) is 32.0 Å². The van der Waals surface area contributed by atoms with Gasteiger partial charge in [0.25, 0.3) is 0 Å². The van der Waals surface area contributed by atoms with Crippen LogP contribution in [0, 0.1) is 13.8 Å². The molecule has 2 N–H and O–H groups in total. The van der Waals surface area contributed by atoms with E-state index in [4.69, 9.17) is 5.73 Å². The molecule has 1 aromatic carbocycles. The van der Waals surface area contributed by atoms with Gasteiger partial charge in [-0.05, 0) is 37.8 Å². The summed E-state index contributed by atoms with van der Waals surface area (Å²) in [7, 11) is 0. The largest absolute Gasteiger partial charge is 0.321 e. The Kier molecular flexibility index (Phi) is 2.83. The Morgan fingerprint density at radius 3 is 2.33 bits per heavy atom. The Labute approximate surface area is 92.7 Å². The highest BCUT2D eigenvalue weighted by atomic mass is 14.7. The van der Waals surface area contributed by atoms with Crippen LogP contribution in [0.15, 0.2) is 18.2 Å². The summed E-state index contributed by atoms with van der Waals surface area (Å²) in [4.78, 5) is 0. The lowest BCUT2D eigenvalue weighted by atomic mass is 9.76. The van der Waals surface area contributed by atoms with Gasteiger partial charge in [-0.2, -0.15) is 0 Å². The summed E-state index contributed by atoms with van der Waals surface area (Å²) in [6.07, 6.45) is 6.21. The number of nitrogens with two attached hydrogens (primary N) is 1. The highest BCUT2D eigenvalue weighted by molar-refractivity contribution is 5.36. The molecular formula is C14H21N. The normalized spacial score (nSPS) is 20.2. The van der Waals surface area contributed by atoms with Gasteiger partial charge in [-0.25, -0.2) is 0 Å². The molecule has 0 radical (unpaired) electrons. The van der Waals surface area contributed by atoms with Crippen molar-refractivity contribution in [2.45, 2.75) is 51.5 Å². The van der Waals surface area contributed by atoms with E-state index in [1.165, 1.54) is 36.0 Å². The third-order valence-electron chi connectivity index (χ3n) is 3.66. The number of benzene rings is 1. The monoisotopic (exact) mass is 203 g/mol. The SMILES string of the molecule is Cc1ccc(C2(N)CCCCC2)c(C)c1. The highest BCUT2D eigenvalue weighted by Gasteiger charge is 2.30. The van der Waals surface area contributed by atoms with Crippen molar-refractivity contribution in [2.24, 2.45) is 5.73 Å². The second-order valence-electron chi connectivity index (χ2n) is 5.04. The lowest BCUT2D eigenvalue weighted by Gasteiger charge is -2.35. The van der Waals surface area contributed by atoms with Crippen LogP contribution >= 0.6 is 0 Å². The molecule has 0 heterocycles. The lowest BCUT2D eigenvalue weighted by Crippen LogP contribution is -2.39. The topological polar surface area (TPSA) is 26.0 Å². The molecule has 1 heteroatoms. The Morgan fingerprint density at radius 2 is 1.73 bits per heavy atom. The van der Waals surface area contributed by atoms with E-state index in [0.717, 1.165) is 12.8 Å². The van der Waals surface area contributed by atoms with E-state index < -0.39 is 0 Å². The molecule has 1 fully saturated rings. The molecule has 82 valence electrons. The summed E-state index contributed by atoms with van der Waals surface area (Å²) in [5, 5.41) is 0. The van der Waals surface area contributed by atoms with E-state index >= 15 is 0 Å². The van der Waals surface area contributed by atoms with Crippen LogP contribution in [0.5, 0.6) is 0 Å². The number of hydrogen-bond donors (Lipinski definition) is 1. The molecule has 0 bridgehead atoms. The van der Waals surface area contributed by atoms with Crippen LogP contribution in [0.25, 0.3) is 0 Å². The van der Waals surface area contributed by atoms with Crippen LogP contribution in [0.4, 0.5) is 0 Å². The third kappa shape index (κ3) is 2.07.